The fourth-order valence-corrected chi connectivity index (χ4v) is 3.74. The van der Waals surface area contributed by atoms with Gasteiger partial charge in [-0.3, -0.25) is 9.78 Å². The Labute approximate surface area is 164 Å². The molecule has 3 aromatic heterocycles. The van der Waals surface area contributed by atoms with Crippen LogP contribution in [0.25, 0.3) is 11.2 Å². The number of aromatic nitrogens is 3. The summed E-state index contributed by atoms with van der Waals surface area (Å²) in [6.45, 7) is 6.19. The van der Waals surface area contributed by atoms with Crippen molar-refractivity contribution in [3.63, 3.8) is 0 Å². The molecular weight excluding hydrogens is 354 g/mol. The molecule has 1 atom stereocenters. The van der Waals surface area contributed by atoms with Crippen molar-refractivity contribution in [3.05, 3.63) is 47.4 Å². The van der Waals surface area contributed by atoms with E-state index in [2.05, 4.69) is 25.2 Å². The van der Waals surface area contributed by atoms with Crippen molar-refractivity contribution in [2.24, 2.45) is 5.92 Å². The largest absolute Gasteiger partial charge is 0.422 e. The Hall–Kier alpha value is -2.96. The lowest BCUT2D eigenvalue weighted by Gasteiger charge is -2.31. The predicted molar refractivity (Wildman–Crippen MR) is 107 cm³/mol. The summed E-state index contributed by atoms with van der Waals surface area (Å²) in [4.78, 5) is 27.6. The Morgan fingerprint density at radius 1 is 1.36 bits per heavy atom. The van der Waals surface area contributed by atoms with Crippen LogP contribution in [0, 0.1) is 19.8 Å². The van der Waals surface area contributed by atoms with Gasteiger partial charge in [-0.25, -0.2) is 4.98 Å². The van der Waals surface area contributed by atoms with Crippen molar-refractivity contribution in [2.45, 2.75) is 39.7 Å². The van der Waals surface area contributed by atoms with Crippen LogP contribution in [0.5, 0.6) is 0 Å². The van der Waals surface area contributed by atoms with E-state index in [9.17, 15) is 4.79 Å². The van der Waals surface area contributed by atoms with Gasteiger partial charge in [0.25, 0.3) is 6.01 Å². The lowest BCUT2D eigenvalue weighted by Crippen LogP contribution is -2.38. The molecule has 0 radical (unpaired) electrons. The number of amides is 1. The topological polar surface area (TPSA) is 84.2 Å². The molecule has 1 N–H and O–H groups in total. The number of carbonyl (C=O) groups excluding carboxylic acids is 1. The molecule has 0 aliphatic carbocycles. The molecule has 146 valence electrons. The number of oxazole rings is 1. The van der Waals surface area contributed by atoms with Gasteiger partial charge in [0.15, 0.2) is 5.58 Å². The normalized spacial score (nSPS) is 17.1. The number of aryl methyl sites for hydroxylation is 2. The van der Waals surface area contributed by atoms with Gasteiger partial charge in [0.2, 0.25) is 11.6 Å². The van der Waals surface area contributed by atoms with E-state index >= 15 is 0 Å². The predicted octanol–water partition coefficient (Wildman–Crippen LogP) is 3.16. The molecule has 1 aliphatic rings. The highest BCUT2D eigenvalue weighted by atomic mass is 16.4. The molecule has 7 nitrogen and oxygen atoms in total. The van der Waals surface area contributed by atoms with E-state index in [1.165, 1.54) is 0 Å². The summed E-state index contributed by atoms with van der Waals surface area (Å²) in [6.07, 6.45) is 6.11. The Morgan fingerprint density at radius 2 is 2.25 bits per heavy atom. The standard InChI is InChI=1S/C21H25N5O2/c1-14-9-15(2)23-11-17(14)12-24-19(27)10-16-5-4-8-26(13-16)21-25-20-18(28-21)6-3-7-22-20/h3,6-7,9,11,16H,4-5,8,10,12-13H2,1-2H3,(H,24,27). The molecule has 1 unspecified atom stereocenters. The van der Waals surface area contributed by atoms with Gasteiger partial charge in [-0.05, 0) is 61.9 Å². The van der Waals surface area contributed by atoms with Gasteiger partial charge >= 0.3 is 0 Å². The lowest BCUT2D eigenvalue weighted by molar-refractivity contribution is -0.122. The maximum atomic E-state index is 12.4. The molecule has 1 saturated heterocycles. The zero-order valence-electron chi connectivity index (χ0n) is 16.3. The van der Waals surface area contributed by atoms with Gasteiger partial charge in [0, 0.05) is 44.1 Å². The quantitative estimate of drug-likeness (QED) is 0.733. The van der Waals surface area contributed by atoms with Crippen LogP contribution in [0.4, 0.5) is 6.01 Å². The Morgan fingerprint density at radius 3 is 3.07 bits per heavy atom. The Balaban J connectivity index is 1.33. The molecule has 1 amide bonds. The fraction of sp³-hybridized carbons (Fsp3) is 0.429. The molecule has 1 aliphatic heterocycles. The Kier molecular flexibility index (Phi) is 5.23. The van der Waals surface area contributed by atoms with Crippen molar-refractivity contribution in [1.29, 1.82) is 0 Å². The van der Waals surface area contributed by atoms with Crippen LogP contribution in [0.1, 0.15) is 36.1 Å². The van der Waals surface area contributed by atoms with E-state index in [1.54, 1.807) is 6.20 Å². The smallest absolute Gasteiger partial charge is 0.299 e. The van der Waals surface area contributed by atoms with E-state index < -0.39 is 0 Å². The molecule has 4 heterocycles. The Bertz CT molecular complexity index is 951. The molecule has 0 saturated carbocycles. The number of piperidine rings is 1. The van der Waals surface area contributed by atoms with Crippen LogP contribution in [0.2, 0.25) is 0 Å². The maximum Gasteiger partial charge on any atom is 0.299 e. The minimum absolute atomic E-state index is 0.0751. The minimum Gasteiger partial charge on any atom is -0.422 e. The third-order valence-electron chi connectivity index (χ3n) is 5.25. The number of hydrogen-bond acceptors (Lipinski definition) is 6. The lowest BCUT2D eigenvalue weighted by atomic mass is 9.94. The summed E-state index contributed by atoms with van der Waals surface area (Å²) in [5.74, 6) is 0.361. The first-order chi connectivity index (χ1) is 13.6. The van der Waals surface area contributed by atoms with Crippen LogP contribution in [0.15, 0.2) is 35.0 Å². The van der Waals surface area contributed by atoms with Crippen molar-refractivity contribution in [2.75, 3.05) is 18.0 Å². The molecular formula is C21H25N5O2. The molecule has 7 heteroatoms. The number of pyridine rings is 2. The second kappa shape index (κ2) is 7.96. The average molecular weight is 379 g/mol. The third kappa shape index (κ3) is 4.13. The molecule has 4 rings (SSSR count). The average Bonchev–Trinajstić information content (AvgIpc) is 3.12. The number of nitrogens with zero attached hydrogens (tertiary/aromatic N) is 4. The zero-order chi connectivity index (χ0) is 19.5. The van der Waals surface area contributed by atoms with Crippen molar-refractivity contribution in [3.8, 4) is 0 Å². The van der Waals surface area contributed by atoms with E-state index in [4.69, 9.17) is 4.42 Å². The highest BCUT2D eigenvalue weighted by Crippen LogP contribution is 2.26. The van der Waals surface area contributed by atoms with E-state index in [1.807, 2.05) is 38.2 Å². The van der Waals surface area contributed by atoms with Gasteiger partial charge < -0.3 is 14.6 Å². The summed E-state index contributed by atoms with van der Waals surface area (Å²) in [5.41, 5.74) is 4.52. The van der Waals surface area contributed by atoms with Crippen molar-refractivity contribution < 1.29 is 9.21 Å². The van der Waals surface area contributed by atoms with E-state index in [-0.39, 0.29) is 11.8 Å². The van der Waals surface area contributed by atoms with Crippen molar-refractivity contribution in [1.82, 2.24) is 20.3 Å². The molecule has 3 aromatic rings. The van der Waals surface area contributed by atoms with Crippen LogP contribution >= 0.6 is 0 Å². The van der Waals surface area contributed by atoms with Crippen molar-refractivity contribution >= 4 is 23.2 Å². The van der Waals surface area contributed by atoms with Gasteiger partial charge in [-0.15, -0.1) is 0 Å². The molecule has 1 fully saturated rings. The first kappa shape index (κ1) is 18.4. The minimum atomic E-state index is 0.0751. The zero-order valence-corrected chi connectivity index (χ0v) is 16.3. The number of carbonyl (C=O) groups is 1. The molecule has 28 heavy (non-hydrogen) atoms. The molecule has 0 bridgehead atoms. The van der Waals surface area contributed by atoms with Crippen LogP contribution in [0.3, 0.4) is 0 Å². The third-order valence-corrected chi connectivity index (χ3v) is 5.25. The summed E-state index contributed by atoms with van der Waals surface area (Å²) in [6, 6.07) is 6.34. The number of anilines is 1. The summed E-state index contributed by atoms with van der Waals surface area (Å²) in [7, 11) is 0. The first-order valence-corrected chi connectivity index (χ1v) is 9.74. The van der Waals surface area contributed by atoms with E-state index in [0.29, 0.717) is 30.2 Å². The van der Waals surface area contributed by atoms with Crippen LogP contribution in [-0.2, 0) is 11.3 Å². The summed E-state index contributed by atoms with van der Waals surface area (Å²) >= 11 is 0. The van der Waals surface area contributed by atoms with Gasteiger partial charge in [-0.2, -0.15) is 4.98 Å². The van der Waals surface area contributed by atoms with Gasteiger partial charge in [0.1, 0.15) is 0 Å². The van der Waals surface area contributed by atoms with Gasteiger partial charge in [0.05, 0.1) is 0 Å². The SMILES string of the molecule is Cc1cc(C)c(CNC(=O)CC2CCCN(c3nc4ncccc4o3)C2)cn1. The number of hydrogen-bond donors (Lipinski definition) is 1. The highest BCUT2D eigenvalue weighted by Gasteiger charge is 2.25. The number of rotatable bonds is 5. The second-order valence-electron chi connectivity index (χ2n) is 7.51. The van der Waals surface area contributed by atoms with Gasteiger partial charge in [-0.1, -0.05) is 0 Å². The van der Waals surface area contributed by atoms with E-state index in [0.717, 1.165) is 42.8 Å². The van der Waals surface area contributed by atoms with Crippen LogP contribution < -0.4 is 10.2 Å². The fourth-order valence-electron chi connectivity index (χ4n) is 3.74. The number of fused-ring (bicyclic) bond motifs is 1. The first-order valence-electron chi connectivity index (χ1n) is 9.74. The summed E-state index contributed by atoms with van der Waals surface area (Å²) in [5, 5.41) is 3.04. The highest BCUT2D eigenvalue weighted by molar-refractivity contribution is 5.76. The van der Waals surface area contributed by atoms with Crippen LogP contribution in [-0.4, -0.2) is 33.9 Å². The second-order valence-corrected chi connectivity index (χ2v) is 7.51. The maximum absolute atomic E-state index is 12.4. The number of nitrogens with one attached hydrogen (secondary N) is 1. The molecule has 0 aromatic carbocycles. The monoisotopic (exact) mass is 379 g/mol. The summed E-state index contributed by atoms with van der Waals surface area (Å²) < 4.78 is 5.83. The molecule has 0 spiro atoms.